The summed E-state index contributed by atoms with van der Waals surface area (Å²) < 4.78 is 0. The quantitative estimate of drug-likeness (QED) is 0.399. The van der Waals surface area contributed by atoms with Crippen LogP contribution in [0.2, 0.25) is 0 Å². The molecule has 4 atom stereocenters. The molecule has 3 heteroatoms. The predicted molar refractivity (Wildman–Crippen MR) is 34.1 cm³/mol. The van der Waals surface area contributed by atoms with Crippen LogP contribution in [0.25, 0.3) is 0 Å². The Morgan fingerprint density at radius 2 is 1.33 bits per heavy atom. The summed E-state index contributed by atoms with van der Waals surface area (Å²) in [5, 5.41) is 21.3. The maximum absolute atomic E-state index is 9.12. The van der Waals surface area contributed by atoms with Crippen molar-refractivity contribution in [3.05, 3.63) is 0 Å². The lowest BCUT2D eigenvalue weighted by atomic mass is 10.1. The van der Waals surface area contributed by atoms with E-state index in [0.29, 0.717) is 0 Å². The van der Waals surface area contributed by atoms with Crippen molar-refractivity contribution in [1.82, 2.24) is 5.32 Å². The smallest absolute Gasteiger partial charge is 0.0964 e. The molecule has 0 aromatic carbocycles. The van der Waals surface area contributed by atoms with Crippen molar-refractivity contribution in [3.63, 3.8) is 0 Å². The Balaban J connectivity index is 2.54. The number of hydrogen-bond acceptors (Lipinski definition) is 3. The Hall–Kier alpha value is -0.120. The highest BCUT2D eigenvalue weighted by atomic mass is 16.3. The summed E-state index contributed by atoms with van der Waals surface area (Å²) in [6.07, 6.45) is -1.19. The zero-order chi connectivity index (χ0) is 7.02. The van der Waals surface area contributed by atoms with Crippen LogP contribution in [0.5, 0.6) is 0 Å². The summed E-state index contributed by atoms with van der Waals surface area (Å²) in [6, 6.07) is 0.0463. The molecule has 3 N–H and O–H groups in total. The van der Waals surface area contributed by atoms with E-state index in [1.54, 1.807) is 0 Å². The van der Waals surface area contributed by atoms with Gasteiger partial charge in [-0.15, -0.1) is 0 Å². The van der Waals surface area contributed by atoms with Crippen LogP contribution >= 0.6 is 0 Å². The number of rotatable bonds is 0. The third kappa shape index (κ3) is 1.08. The van der Waals surface area contributed by atoms with E-state index in [4.69, 9.17) is 10.2 Å². The number of hydrogen-bond donors (Lipinski definition) is 3. The van der Waals surface area contributed by atoms with Crippen molar-refractivity contribution in [2.24, 2.45) is 0 Å². The lowest BCUT2D eigenvalue weighted by Crippen LogP contribution is -2.30. The molecule has 54 valence electrons. The standard InChI is InChI=1S/C6H13NO2/c1-3-5(8)6(9)4(2)7-3/h3-9H,1-2H3/t3-,4?,5+,6-/m1/s1. The van der Waals surface area contributed by atoms with Crippen molar-refractivity contribution < 1.29 is 10.2 Å². The first-order valence-electron chi connectivity index (χ1n) is 3.25. The summed E-state index contributed by atoms with van der Waals surface area (Å²) >= 11 is 0. The van der Waals surface area contributed by atoms with Gasteiger partial charge in [-0.1, -0.05) is 0 Å². The summed E-state index contributed by atoms with van der Waals surface area (Å²) in [4.78, 5) is 0. The van der Waals surface area contributed by atoms with Gasteiger partial charge in [0, 0.05) is 12.1 Å². The first-order chi connectivity index (χ1) is 4.13. The van der Waals surface area contributed by atoms with Crippen LogP contribution in [-0.4, -0.2) is 34.5 Å². The third-order valence-corrected chi connectivity index (χ3v) is 1.90. The van der Waals surface area contributed by atoms with Crippen LogP contribution < -0.4 is 5.32 Å². The SMILES string of the molecule is CC1N[C@H](C)[C@H](O)[C@@H]1O. The van der Waals surface area contributed by atoms with E-state index >= 15 is 0 Å². The van der Waals surface area contributed by atoms with Crippen LogP contribution in [0.1, 0.15) is 13.8 Å². The van der Waals surface area contributed by atoms with Crippen LogP contribution in [0.15, 0.2) is 0 Å². The number of aliphatic hydroxyl groups is 2. The topological polar surface area (TPSA) is 52.5 Å². The molecule has 0 spiro atoms. The maximum Gasteiger partial charge on any atom is 0.0964 e. The largest absolute Gasteiger partial charge is 0.389 e. The molecule has 1 heterocycles. The molecule has 9 heavy (non-hydrogen) atoms. The molecule has 0 saturated carbocycles. The molecule has 1 aliphatic heterocycles. The Labute approximate surface area is 54.7 Å². The van der Waals surface area contributed by atoms with Gasteiger partial charge in [0.05, 0.1) is 12.2 Å². The van der Waals surface area contributed by atoms with E-state index in [1.807, 2.05) is 13.8 Å². The van der Waals surface area contributed by atoms with Gasteiger partial charge in [-0.2, -0.15) is 0 Å². The van der Waals surface area contributed by atoms with Crippen molar-refractivity contribution in [3.8, 4) is 0 Å². The first-order valence-corrected chi connectivity index (χ1v) is 3.25. The summed E-state index contributed by atoms with van der Waals surface area (Å²) in [7, 11) is 0. The second-order valence-corrected chi connectivity index (χ2v) is 2.73. The third-order valence-electron chi connectivity index (χ3n) is 1.90. The highest BCUT2D eigenvalue weighted by molar-refractivity contribution is 4.93. The Kier molecular flexibility index (Phi) is 1.75. The average molecular weight is 131 g/mol. The average Bonchev–Trinajstić information content (AvgIpc) is 1.98. The first kappa shape index (κ1) is 6.99. The van der Waals surface area contributed by atoms with Crippen LogP contribution in [0.4, 0.5) is 0 Å². The van der Waals surface area contributed by atoms with Gasteiger partial charge in [-0.3, -0.25) is 0 Å². The minimum atomic E-state index is -0.597. The van der Waals surface area contributed by atoms with Gasteiger partial charge in [-0.25, -0.2) is 0 Å². The fraction of sp³-hybridized carbons (Fsp3) is 1.00. The van der Waals surface area contributed by atoms with E-state index in [2.05, 4.69) is 5.32 Å². The summed E-state index contributed by atoms with van der Waals surface area (Å²) in [6.45, 7) is 3.72. The van der Waals surface area contributed by atoms with Gasteiger partial charge >= 0.3 is 0 Å². The second kappa shape index (κ2) is 2.25. The van der Waals surface area contributed by atoms with Crippen LogP contribution in [0, 0.1) is 0 Å². The molecule has 1 fully saturated rings. The van der Waals surface area contributed by atoms with Crippen molar-refractivity contribution >= 4 is 0 Å². The molecule has 1 rings (SSSR count). The van der Waals surface area contributed by atoms with E-state index in [0.717, 1.165) is 0 Å². The lowest BCUT2D eigenvalue weighted by Gasteiger charge is -2.10. The van der Waals surface area contributed by atoms with E-state index in [1.165, 1.54) is 0 Å². The molecule has 0 aliphatic carbocycles. The zero-order valence-corrected chi connectivity index (χ0v) is 5.70. The highest BCUT2D eigenvalue weighted by Crippen LogP contribution is 2.12. The molecule has 0 amide bonds. The number of aliphatic hydroxyl groups excluding tert-OH is 2. The summed E-state index contributed by atoms with van der Waals surface area (Å²) in [5.41, 5.74) is 0. The monoisotopic (exact) mass is 131 g/mol. The normalized spacial score (nSPS) is 52.0. The van der Waals surface area contributed by atoms with Crippen LogP contribution in [-0.2, 0) is 0 Å². The molecule has 0 radical (unpaired) electrons. The van der Waals surface area contributed by atoms with E-state index < -0.39 is 12.2 Å². The Morgan fingerprint density at radius 1 is 1.00 bits per heavy atom. The highest BCUT2D eigenvalue weighted by Gasteiger charge is 2.35. The molecule has 0 bridgehead atoms. The minimum Gasteiger partial charge on any atom is -0.389 e. The van der Waals surface area contributed by atoms with Crippen molar-refractivity contribution in [2.75, 3.05) is 0 Å². The van der Waals surface area contributed by atoms with Crippen molar-refractivity contribution in [1.29, 1.82) is 0 Å². The fourth-order valence-corrected chi connectivity index (χ4v) is 1.20. The summed E-state index contributed by atoms with van der Waals surface area (Å²) in [5.74, 6) is 0. The van der Waals surface area contributed by atoms with Gasteiger partial charge in [0.25, 0.3) is 0 Å². The molecule has 3 nitrogen and oxygen atoms in total. The lowest BCUT2D eigenvalue weighted by molar-refractivity contribution is 0.0327. The van der Waals surface area contributed by atoms with Crippen molar-refractivity contribution in [2.45, 2.75) is 38.1 Å². The van der Waals surface area contributed by atoms with E-state index in [-0.39, 0.29) is 12.1 Å². The van der Waals surface area contributed by atoms with Gasteiger partial charge in [0.2, 0.25) is 0 Å². The Morgan fingerprint density at radius 3 is 1.44 bits per heavy atom. The molecule has 1 aliphatic rings. The number of nitrogens with one attached hydrogen (secondary N) is 1. The maximum atomic E-state index is 9.12. The van der Waals surface area contributed by atoms with Crippen LogP contribution in [0.3, 0.4) is 0 Å². The minimum absolute atomic E-state index is 0.0231. The predicted octanol–water partition coefficient (Wildman–Crippen LogP) is -0.912. The fourth-order valence-electron chi connectivity index (χ4n) is 1.20. The van der Waals surface area contributed by atoms with E-state index in [9.17, 15) is 0 Å². The molecular formula is C6H13NO2. The molecule has 1 saturated heterocycles. The Bertz CT molecular complexity index is 95.2. The van der Waals surface area contributed by atoms with Gasteiger partial charge in [-0.05, 0) is 13.8 Å². The molecular weight excluding hydrogens is 118 g/mol. The zero-order valence-electron chi connectivity index (χ0n) is 5.70. The van der Waals surface area contributed by atoms with Gasteiger partial charge < -0.3 is 15.5 Å². The van der Waals surface area contributed by atoms with Gasteiger partial charge in [0.1, 0.15) is 0 Å². The molecule has 1 unspecified atom stereocenters. The molecule has 0 aromatic heterocycles. The molecule has 0 aromatic rings. The second-order valence-electron chi connectivity index (χ2n) is 2.73. The van der Waals surface area contributed by atoms with Gasteiger partial charge in [0.15, 0.2) is 0 Å².